The molecule has 1 aromatic carbocycles. The summed E-state index contributed by atoms with van der Waals surface area (Å²) in [7, 11) is 3.62. The zero-order valence-electron chi connectivity index (χ0n) is 11.1. The first-order chi connectivity index (χ1) is 8.80. The topological polar surface area (TPSA) is 39.1 Å². The van der Waals surface area contributed by atoms with E-state index in [1.54, 1.807) is 7.11 Å². The molecule has 96 valence electrons. The van der Waals surface area contributed by atoms with Crippen molar-refractivity contribution < 1.29 is 4.74 Å². The predicted molar refractivity (Wildman–Crippen MR) is 71.8 cm³/mol. The molecule has 0 fully saturated rings. The number of nitrogens with one attached hydrogen (secondary N) is 1. The van der Waals surface area contributed by atoms with Crippen molar-refractivity contribution in [2.24, 2.45) is 0 Å². The van der Waals surface area contributed by atoms with Gasteiger partial charge in [0, 0.05) is 18.9 Å². The molecule has 0 spiro atoms. The van der Waals surface area contributed by atoms with Gasteiger partial charge in [0.15, 0.2) is 0 Å². The third-order valence-electron chi connectivity index (χ3n) is 3.06. The molecular weight excluding hydrogens is 226 g/mol. The number of hydrogen-bond acceptors (Lipinski definition) is 3. The number of imidazole rings is 1. The van der Waals surface area contributed by atoms with Crippen LogP contribution in [0.25, 0.3) is 0 Å². The second-order valence-electron chi connectivity index (χ2n) is 4.07. The van der Waals surface area contributed by atoms with Gasteiger partial charge in [-0.05, 0) is 31.7 Å². The van der Waals surface area contributed by atoms with Gasteiger partial charge >= 0.3 is 0 Å². The van der Waals surface area contributed by atoms with Gasteiger partial charge in [-0.3, -0.25) is 0 Å². The van der Waals surface area contributed by atoms with Gasteiger partial charge < -0.3 is 14.6 Å². The second kappa shape index (κ2) is 5.69. The maximum atomic E-state index is 5.27. The van der Waals surface area contributed by atoms with Gasteiger partial charge in [0.2, 0.25) is 0 Å². The largest absolute Gasteiger partial charge is 0.497 e. The molecule has 0 aliphatic rings. The van der Waals surface area contributed by atoms with Crippen LogP contribution < -0.4 is 10.1 Å². The van der Waals surface area contributed by atoms with Gasteiger partial charge in [-0.25, -0.2) is 4.98 Å². The van der Waals surface area contributed by atoms with E-state index < -0.39 is 0 Å². The fourth-order valence-corrected chi connectivity index (χ4v) is 2.11. The van der Waals surface area contributed by atoms with E-state index in [-0.39, 0.29) is 6.04 Å². The number of aromatic nitrogens is 2. The molecule has 4 nitrogen and oxygen atoms in total. The van der Waals surface area contributed by atoms with Crippen molar-refractivity contribution >= 4 is 0 Å². The van der Waals surface area contributed by atoms with Gasteiger partial charge in [0.1, 0.15) is 11.6 Å². The number of hydrogen-bond donors (Lipinski definition) is 1. The second-order valence-corrected chi connectivity index (χ2v) is 4.07. The Hall–Kier alpha value is -1.81. The lowest BCUT2D eigenvalue weighted by Gasteiger charge is -2.18. The van der Waals surface area contributed by atoms with Crippen LogP contribution in [0.4, 0.5) is 0 Å². The van der Waals surface area contributed by atoms with Crippen LogP contribution in [0.3, 0.4) is 0 Å². The van der Waals surface area contributed by atoms with E-state index in [2.05, 4.69) is 27.9 Å². The minimum absolute atomic E-state index is 0.0787. The van der Waals surface area contributed by atoms with Crippen molar-refractivity contribution in [1.29, 1.82) is 0 Å². The highest BCUT2D eigenvalue weighted by Gasteiger charge is 2.17. The van der Waals surface area contributed by atoms with Crippen LogP contribution in [0, 0.1) is 0 Å². The van der Waals surface area contributed by atoms with Gasteiger partial charge in [-0.15, -0.1) is 0 Å². The Balaban J connectivity index is 2.38. The SMILES string of the molecule is CCn1ccnc1C(NC)c1cccc(OC)c1. The Morgan fingerprint density at radius 3 is 2.94 bits per heavy atom. The molecule has 0 amide bonds. The zero-order valence-corrected chi connectivity index (χ0v) is 11.1. The summed E-state index contributed by atoms with van der Waals surface area (Å²) < 4.78 is 7.41. The molecule has 0 aliphatic carbocycles. The monoisotopic (exact) mass is 245 g/mol. The summed E-state index contributed by atoms with van der Waals surface area (Å²) in [6, 6.07) is 8.14. The van der Waals surface area contributed by atoms with Crippen LogP contribution >= 0.6 is 0 Å². The number of rotatable bonds is 5. The summed E-state index contributed by atoms with van der Waals surface area (Å²) in [5.41, 5.74) is 1.15. The minimum atomic E-state index is 0.0787. The average molecular weight is 245 g/mol. The Bertz CT molecular complexity index is 507. The normalized spacial score (nSPS) is 12.4. The molecule has 1 heterocycles. The van der Waals surface area contributed by atoms with Crippen molar-refractivity contribution in [3.63, 3.8) is 0 Å². The molecule has 1 unspecified atom stereocenters. The molecule has 2 aromatic rings. The van der Waals surface area contributed by atoms with Crippen LogP contribution in [0.1, 0.15) is 24.4 Å². The van der Waals surface area contributed by atoms with Crippen molar-refractivity contribution in [3.8, 4) is 5.75 Å². The first kappa shape index (κ1) is 12.6. The van der Waals surface area contributed by atoms with Crippen molar-refractivity contribution in [2.45, 2.75) is 19.5 Å². The summed E-state index contributed by atoms with van der Waals surface area (Å²) >= 11 is 0. The van der Waals surface area contributed by atoms with Crippen molar-refractivity contribution in [3.05, 3.63) is 48.0 Å². The Morgan fingerprint density at radius 1 is 1.44 bits per heavy atom. The van der Waals surface area contributed by atoms with E-state index >= 15 is 0 Å². The van der Waals surface area contributed by atoms with Crippen LogP contribution in [0.5, 0.6) is 5.75 Å². The van der Waals surface area contributed by atoms with E-state index in [0.29, 0.717) is 0 Å². The maximum Gasteiger partial charge on any atom is 0.130 e. The summed E-state index contributed by atoms with van der Waals surface area (Å²) in [5, 5.41) is 3.31. The zero-order chi connectivity index (χ0) is 13.0. The van der Waals surface area contributed by atoms with Crippen LogP contribution in [0.2, 0.25) is 0 Å². The van der Waals surface area contributed by atoms with Gasteiger partial charge in [-0.2, -0.15) is 0 Å². The molecule has 18 heavy (non-hydrogen) atoms. The van der Waals surface area contributed by atoms with Gasteiger partial charge in [-0.1, -0.05) is 12.1 Å². The van der Waals surface area contributed by atoms with Gasteiger partial charge in [0.05, 0.1) is 13.2 Å². The van der Waals surface area contributed by atoms with Crippen LogP contribution in [-0.2, 0) is 6.54 Å². The molecule has 0 bridgehead atoms. The standard InChI is InChI=1S/C14H19N3O/c1-4-17-9-8-16-14(17)13(15-2)11-6-5-7-12(10-11)18-3/h5-10,13,15H,4H2,1-3H3. The summed E-state index contributed by atoms with van der Waals surface area (Å²) in [6.45, 7) is 3.03. The fourth-order valence-electron chi connectivity index (χ4n) is 2.11. The summed E-state index contributed by atoms with van der Waals surface area (Å²) in [4.78, 5) is 4.45. The predicted octanol–water partition coefficient (Wildman–Crippen LogP) is 2.22. The first-order valence-corrected chi connectivity index (χ1v) is 6.12. The lowest BCUT2D eigenvalue weighted by atomic mass is 10.1. The number of benzene rings is 1. The lowest BCUT2D eigenvalue weighted by Crippen LogP contribution is -2.21. The fraction of sp³-hybridized carbons (Fsp3) is 0.357. The lowest BCUT2D eigenvalue weighted by molar-refractivity contribution is 0.413. The Kier molecular flexibility index (Phi) is 3.99. The first-order valence-electron chi connectivity index (χ1n) is 6.12. The molecule has 0 saturated carbocycles. The van der Waals surface area contributed by atoms with Gasteiger partial charge in [0.25, 0.3) is 0 Å². The number of methoxy groups -OCH3 is 1. The van der Waals surface area contributed by atoms with E-state index in [4.69, 9.17) is 4.74 Å². The molecule has 0 saturated heterocycles. The summed E-state index contributed by atoms with van der Waals surface area (Å²) in [6.07, 6.45) is 3.84. The molecule has 0 aliphatic heterocycles. The summed E-state index contributed by atoms with van der Waals surface area (Å²) in [5.74, 6) is 1.88. The highest BCUT2D eigenvalue weighted by Crippen LogP contribution is 2.23. The van der Waals surface area contributed by atoms with E-state index in [0.717, 1.165) is 23.7 Å². The molecule has 1 N–H and O–H groups in total. The Labute approximate surface area is 108 Å². The number of nitrogens with zero attached hydrogens (tertiary/aromatic N) is 2. The minimum Gasteiger partial charge on any atom is -0.497 e. The highest BCUT2D eigenvalue weighted by molar-refractivity contribution is 5.33. The van der Waals surface area contributed by atoms with Crippen molar-refractivity contribution in [1.82, 2.24) is 14.9 Å². The molecule has 0 radical (unpaired) electrons. The molecule has 2 rings (SSSR count). The van der Waals surface area contributed by atoms with E-state index in [1.807, 2.05) is 37.6 Å². The van der Waals surface area contributed by atoms with Crippen molar-refractivity contribution in [2.75, 3.05) is 14.2 Å². The third-order valence-corrected chi connectivity index (χ3v) is 3.06. The third kappa shape index (κ3) is 2.38. The molecule has 4 heteroatoms. The Morgan fingerprint density at radius 2 is 2.28 bits per heavy atom. The molecule has 1 aromatic heterocycles. The van der Waals surface area contributed by atoms with Crippen LogP contribution in [0.15, 0.2) is 36.7 Å². The van der Waals surface area contributed by atoms with Crippen LogP contribution in [-0.4, -0.2) is 23.7 Å². The average Bonchev–Trinajstić information content (AvgIpc) is 2.88. The number of ether oxygens (including phenoxy) is 1. The maximum absolute atomic E-state index is 5.27. The quantitative estimate of drug-likeness (QED) is 0.878. The molecular formula is C14H19N3O. The molecule has 1 atom stereocenters. The highest BCUT2D eigenvalue weighted by atomic mass is 16.5. The number of aryl methyl sites for hydroxylation is 1. The van der Waals surface area contributed by atoms with E-state index in [1.165, 1.54) is 0 Å². The smallest absolute Gasteiger partial charge is 0.130 e. The van der Waals surface area contributed by atoms with E-state index in [9.17, 15) is 0 Å².